The van der Waals surface area contributed by atoms with Gasteiger partial charge in [0.2, 0.25) is 5.91 Å². The zero-order valence-electron chi connectivity index (χ0n) is 22.9. The van der Waals surface area contributed by atoms with E-state index in [9.17, 15) is 30.0 Å². The molecule has 12 heteroatoms. The van der Waals surface area contributed by atoms with Crippen LogP contribution in [0.25, 0.3) is 0 Å². The molecule has 0 saturated carbocycles. The zero-order valence-corrected chi connectivity index (χ0v) is 23.8. The number of nitrogens with zero attached hydrogens (tertiary/aromatic N) is 1. The van der Waals surface area contributed by atoms with Gasteiger partial charge in [0, 0.05) is 12.3 Å². The van der Waals surface area contributed by atoms with Crippen molar-refractivity contribution in [1.82, 2.24) is 10.2 Å². The maximum absolute atomic E-state index is 13.2. The average molecular weight is 571 g/mol. The third-order valence-electron chi connectivity index (χ3n) is 7.35. The third kappa shape index (κ3) is 7.84. The Bertz CT molecular complexity index is 952. The van der Waals surface area contributed by atoms with Crippen LogP contribution in [0.5, 0.6) is 5.75 Å². The van der Waals surface area contributed by atoms with Gasteiger partial charge in [0.05, 0.1) is 25.3 Å². The fourth-order valence-electron chi connectivity index (χ4n) is 5.26. The highest BCUT2D eigenvalue weighted by Gasteiger charge is 2.49. The number of rotatable bonds is 12. The lowest BCUT2D eigenvalue weighted by atomic mass is 9.92. The van der Waals surface area contributed by atoms with E-state index in [2.05, 4.69) is 12.2 Å². The van der Waals surface area contributed by atoms with Crippen LogP contribution in [-0.4, -0.2) is 118 Å². The molecule has 2 saturated heterocycles. The van der Waals surface area contributed by atoms with Gasteiger partial charge >= 0.3 is 5.97 Å². The van der Waals surface area contributed by atoms with E-state index < -0.39 is 48.0 Å². The number of carbonyl (C=O) groups excluding carboxylic acids is 2. The van der Waals surface area contributed by atoms with Crippen LogP contribution in [-0.2, 0) is 14.3 Å². The van der Waals surface area contributed by atoms with Crippen LogP contribution in [0.1, 0.15) is 43.5 Å². The summed E-state index contributed by atoms with van der Waals surface area (Å²) in [5.74, 6) is 0.159. The van der Waals surface area contributed by atoms with Crippen molar-refractivity contribution in [3.05, 3.63) is 29.8 Å². The topological polar surface area (TPSA) is 158 Å². The van der Waals surface area contributed by atoms with E-state index >= 15 is 0 Å². The summed E-state index contributed by atoms with van der Waals surface area (Å²) in [4.78, 5) is 27.5. The number of thioether (sulfide) groups is 1. The van der Waals surface area contributed by atoms with E-state index in [-0.39, 0.29) is 29.9 Å². The maximum atomic E-state index is 13.2. The number of carbonyl (C=O) groups is 2. The summed E-state index contributed by atoms with van der Waals surface area (Å²) >= 11 is 1.09. The number of likely N-dealkylation sites (tertiary alicyclic amines) is 1. The van der Waals surface area contributed by atoms with Crippen LogP contribution in [0.4, 0.5) is 0 Å². The van der Waals surface area contributed by atoms with E-state index in [1.165, 1.54) is 14.0 Å². The molecule has 1 amide bonds. The number of amides is 1. The summed E-state index contributed by atoms with van der Waals surface area (Å²) < 4.78 is 16.4. The first kappa shape index (κ1) is 31.6. The Kier molecular flexibility index (Phi) is 11.9. The molecular formula is C27H42N2O9S. The SMILES string of the molecule is CCC[C@@H]1C[C@@H](C(=O)N[C@@H]([C@H]2O[C@H](SCCOC(=O)c3ccccc3OC)[C@H](O)[C@@H](O)[C@H]2O)[C@@H](C)O)N(C)C1. The van der Waals surface area contributed by atoms with Gasteiger partial charge in [-0.1, -0.05) is 25.5 Å². The first-order valence-electron chi connectivity index (χ1n) is 13.4. The molecule has 5 N–H and O–H groups in total. The van der Waals surface area contributed by atoms with Crippen molar-refractivity contribution in [1.29, 1.82) is 0 Å². The molecule has 39 heavy (non-hydrogen) atoms. The van der Waals surface area contributed by atoms with E-state index in [4.69, 9.17) is 14.2 Å². The standard InChI is InChI=1S/C27H42N2O9S/c1-5-8-16-13-18(29(3)14-16)25(34)28-20(15(2)30)24-22(32)21(31)23(33)27(38-24)39-12-11-37-26(35)17-9-6-7-10-19(17)36-4/h6-7,9-10,15-16,18,20-24,27,30-33H,5,8,11-14H2,1-4H3,(H,28,34)/t15-,16-,18+,20-,21+,22-,23-,24-,27-/m1/s1. The summed E-state index contributed by atoms with van der Waals surface area (Å²) in [5.41, 5.74) is -0.721. The van der Waals surface area contributed by atoms with Gasteiger partial charge in [0.15, 0.2) is 0 Å². The minimum Gasteiger partial charge on any atom is -0.496 e. The summed E-state index contributed by atoms with van der Waals surface area (Å²) in [6.07, 6.45) is -4.09. The first-order valence-corrected chi connectivity index (χ1v) is 14.4. The molecule has 3 rings (SSSR count). The van der Waals surface area contributed by atoms with Crippen LogP contribution in [0.2, 0.25) is 0 Å². The Morgan fingerprint density at radius 3 is 2.59 bits per heavy atom. The Morgan fingerprint density at radius 1 is 1.21 bits per heavy atom. The molecule has 2 heterocycles. The van der Waals surface area contributed by atoms with E-state index in [0.717, 1.165) is 31.1 Å². The first-order chi connectivity index (χ1) is 18.6. The molecular weight excluding hydrogens is 528 g/mol. The number of nitrogens with one attached hydrogen (secondary N) is 1. The molecule has 0 aliphatic carbocycles. The lowest BCUT2D eigenvalue weighted by Crippen LogP contribution is -2.65. The second kappa shape index (κ2) is 14.6. The predicted molar refractivity (Wildman–Crippen MR) is 145 cm³/mol. The number of hydrogen-bond acceptors (Lipinski definition) is 11. The zero-order chi connectivity index (χ0) is 28.7. The summed E-state index contributed by atoms with van der Waals surface area (Å²) in [5, 5.41) is 45.1. The second-order valence-electron chi connectivity index (χ2n) is 10.3. The van der Waals surface area contributed by atoms with Gasteiger partial charge in [-0.25, -0.2) is 4.79 Å². The second-order valence-corrected chi connectivity index (χ2v) is 11.5. The van der Waals surface area contributed by atoms with Crippen molar-refractivity contribution in [3.8, 4) is 5.75 Å². The molecule has 1 aromatic carbocycles. The van der Waals surface area contributed by atoms with Crippen molar-refractivity contribution in [3.63, 3.8) is 0 Å². The van der Waals surface area contributed by atoms with Gasteiger partial charge in [-0.05, 0) is 44.9 Å². The molecule has 2 fully saturated rings. The van der Waals surface area contributed by atoms with Crippen LogP contribution >= 0.6 is 11.8 Å². The molecule has 9 atom stereocenters. The Morgan fingerprint density at radius 2 is 1.92 bits per heavy atom. The van der Waals surface area contributed by atoms with E-state index in [1.54, 1.807) is 24.3 Å². The van der Waals surface area contributed by atoms with Crippen molar-refractivity contribution < 1.29 is 44.2 Å². The van der Waals surface area contributed by atoms with Gasteiger partial charge in [0.1, 0.15) is 47.8 Å². The number of aliphatic hydroxyl groups excluding tert-OH is 4. The number of benzene rings is 1. The molecule has 1 aromatic rings. The molecule has 0 spiro atoms. The molecule has 11 nitrogen and oxygen atoms in total. The van der Waals surface area contributed by atoms with Crippen molar-refractivity contribution in [2.24, 2.45) is 5.92 Å². The quantitative estimate of drug-likeness (QED) is 0.175. The number of hydrogen-bond donors (Lipinski definition) is 5. The summed E-state index contributed by atoms with van der Waals surface area (Å²) in [6.45, 7) is 4.37. The van der Waals surface area contributed by atoms with E-state index in [0.29, 0.717) is 18.1 Å². The monoisotopic (exact) mass is 570 g/mol. The highest BCUT2D eigenvalue weighted by atomic mass is 32.2. The smallest absolute Gasteiger partial charge is 0.341 e. The highest BCUT2D eigenvalue weighted by Crippen LogP contribution is 2.31. The van der Waals surface area contributed by atoms with Gasteiger partial charge in [-0.2, -0.15) is 0 Å². The van der Waals surface area contributed by atoms with Crippen molar-refractivity contribution in [2.75, 3.05) is 33.1 Å². The fraction of sp³-hybridized carbons (Fsp3) is 0.704. The number of ether oxygens (including phenoxy) is 3. The highest BCUT2D eigenvalue weighted by molar-refractivity contribution is 7.99. The minimum absolute atomic E-state index is 0.0129. The van der Waals surface area contributed by atoms with Crippen LogP contribution in [0.15, 0.2) is 24.3 Å². The third-order valence-corrected chi connectivity index (χ3v) is 8.47. The van der Waals surface area contributed by atoms with Crippen molar-refractivity contribution in [2.45, 2.75) is 81.1 Å². The number of esters is 1. The summed E-state index contributed by atoms with van der Waals surface area (Å²) in [6, 6.07) is 5.26. The van der Waals surface area contributed by atoms with Gasteiger partial charge in [0.25, 0.3) is 0 Å². The molecule has 220 valence electrons. The molecule has 2 aliphatic rings. The van der Waals surface area contributed by atoms with Crippen LogP contribution < -0.4 is 10.1 Å². The Balaban J connectivity index is 1.60. The number of para-hydroxylation sites is 1. The fourth-order valence-corrected chi connectivity index (χ4v) is 6.24. The normalized spacial score (nSPS) is 30.9. The van der Waals surface area contributed by atoms with Gasteiger partial charge in [-0.3, -0.25) is 9.69 Å². The van der Waals surface area contributed by atoms with Crippen LogP contribution in [0, 0.1) is 5.92 Å². The summed E-state index contributed by atoms with van der Waals surface area (Å²) in [7, 11) is 3.34. The molecule has 0 bridgehead atoms. The Hall–Kier alpha value is -1.93. The van der Waals surface area contributed by atoms with E-state index in [1.807, 2.05) is 11.9 Å². The largest absolute Gasteiger partial charge is 0.496 e. The number of likely N-dealkylation sites (N-methyl/N-ethyl adjacent to an activating group) is 1. The average Bonchev–Trinajstić information content (AvgIpc) is 3.29. The minimum atomic E-state index is -1.57. The number of methoxy groups -OCH3 is 1. The van der Waals surface area contributed by atoms with Gasteiger partial charge < -0.3 is 40.0 Å². The molecule has 0 unspecified atom stereocenters. The van der Waals surface area contributed by atoms with Gasteiger partial charge in [-0.15, -0.1) is 11.8 Å². The number of aliphatic hydroxyl groups is 4. The predicted octanol–water partition coefficient (Wildman–Crippen LogP) is 0.379. The molecule has 2 aliphatic heterocycles. The lowest BCUT2D eigenvalue weighted by molar-refractivity contribution is -0.211. The lowest BCUT2D eigenvalue weighted by Gasteiger charge is -2.44. The Labute approximate surface area is 233 Å². The molecule has 0 radical (unpaired) electrons. The van der Waals surface area contributed by atoms with Crippen LogP contribution in [0.3, 0.4) is 0 Å². The maximum Gasteiger partial charge on any atom is 0.341 e. The molecule has 0 aromatic heterocycles. The van der Waals surface area contributed by atoms with Crippen molar-refractivity contribution >= 4 is 23.6 Å².